The van der Waals surface area contributed by atoms with E-state index in [9.17, 15) is 9.59 Å². The first-order valence-corrected chi connectivity index (χ1v) is 8.86. The molecule has 1 N–H and O–H groups in total. The van der Waals surface area contributed by atoms with Gasteiger partial charge in [-0.2, -0.15) is 0 Å². The minimum atomic E-state index is -1.00. The minimum absolute atomic E-state index is 0.286. The molecule has 0 unspecified atom stereocenters. The number of carboxylic acids is 1. The van der Waals surface area contributed by atoms with E-state index in [0.29, 0.717) is 25.0 Å². The van der Waals surface area contributed by atoms with E-state index in [1.54, 1.807) is 12.1 Å². The second-order valence-corrected chi connectivity index (χ2v) is 6.48. The van der Waals surface area contributed by atoms with Crippen LogP contribution in [0.25, 0.3) is 6.08 Å². The second kappa shape index (κ2) is 10.1. The van der Waals surface area contributed by atoms with Gasteiger partial charge in [0.15, 0.2) is 0 Å². The Morgan fingerprint density at radius 3 is 2.48 bits per heavy atom. The van der Waals surface area contributed by atoms with E-state index in [1.165, 1.54) is 6.08 Å². The number of ether oxygens (including phenoxy) is 1. The molecule has 0 spiro atoms. The van der Waals surface area contributed by atoms with E-state index < -0.39 is 5.97 Å². The van der Waals surface area contributed by atoms with Crippen molar-refractivity contribution < 1.29 is 19.4 Å². The number of allylic oxidation sites excluding steroid dienone is 2. The highest BCUT2D eigenvalue weighted by Gasteiger charge is 2.10. The molecular formula is C23H24O4. The zero-order valence-electron chi connectivity index (χ0n) is 15.6. The molecule has 0 heterocycles. The summed E-state index contributed by atoms with van der Waals surface area (Å²) in [6, 6.07) is 15.1. The summed E-state index contributed by atoms with van der Waals surface area (Å²) >= 11 is 0. The molecule has 0 amide bonds. The minimum Gasteiger partial charge on any atom is -0.478 e. The average Bonchev–Trinajstić information content (AvgIpc) is 2.65. The molecule has 0 aliphatic carbocycles. The van der Waals surface area contributed by atoms with Gasteiger partial charge in [0.05, 0.1) is 0 Å². The highest BCUT2D eigenvalue weighted by atomic mass is 16.5. The number of aliphatic carboxylic acids is 1. The molecule has 0 atom stereocenters. The fourth-order valence-corrected chi connectivity index (χ4v) is 2.51. The van der Waals surface area contributed by atoms with Crippen molar-refractivity contribution in [2.45, 2.75) is 33.1 Å². The summed E-state index contributed by atoms with van der Waals surface area (Å²) in [6.45, 7) is 4.00. The summed E-state index contributed by atoms with van der Waals surface area (Å²) in [5.41, 5.74) is 3.84. The van der Waals surface area contributed by atoms with E-state index in [2.05, 4.69) is 0 Å². The standard InChI is InChI=1S/C23H24O4/c1-17(2)8-12-20-16-19(10-14-22(24)25)9-13-21(20)27-23(26)15-11-18-6-4-3-5-7-18/h3-10,13-14,16H,11-12,15H2,1-2H3,(H,24,25)/b14-10+. The summed E-state index contributed by atoms with van der Waals surface area (Å²) in [5, 5.41) is 8.78. The van der Waals surface area contributed by atoms with Gasteiger partial charge in [0.1, 0.15) is 5.75 Å². The van der Waals surface area contributed by atoms with Crippen molar-refractivity contribution in [1.82, 2.24) is 0 Å². The van der Waals surface area contributed by atoms with Gasteiger partial charge in [-0.15, -0.1) is 0 Å². The fourth-order valence-electron chi connectivity index (χ4n) is 2.51. The van der Waals surface area contributed by atoms with Crippen LogP contribution in [0, 0.1) is 0 Å². The molecule has 0 aliphatic heterocycles. The van der Waals surface area contributed by atoms with Crippen LogP contribution in [0.5, 0.6) is 5.75 Å². The van der Waals surface area contributed by atoms with Crippen molar-refractivity contribution in [3.63, 3.8) is 0 Å². The van der Waals surface area contributed by atoms with E-state index in [-0.39, 0.29) is 5.97 Å². The topological polar surface area (TPSA) is 63.6 Å². The summed E-state index contributed by atoms with van der Waals surface area (Å²) in [6.07, 6.45) is 6.19. The molecule has 2 aromatic carbocycles. The van der Waals surface area contributed by atoms with Crippen LogP contribution in [0.15, 0.2) is 66.3 Å². The van der Waals surface area contributed by atoms with Crippen LogP contribution in [0.2, 0.25) is 0 Å². The Labute approximate surface area is 159 Å². The molecule has 4 heteroatoms. The molecule has 140 valence electrons. The second-order valence-electron chi connectivity index (χ2n) is 6.48. The molecule has 0 saturated heterocycles. The number of aryl methyl sites for hydroxylation is 1. The highest BCUT2D eigenvalue weighted by Crippen LogP contribution is 2.23. The maximum absolute atomic E-state index is 12.2. The predicted octanol–water partition coefficient (Wildman–Crippen LogP) is 4.83. The van der Waals surface area contributed by atoms with Gasteiger partial charge in [0.2, 0.25) is 0 Å². The van der Waals surface area contributed by atoms with Crippen LogP contribution >= 0.6 is 0 Å². The smallest absolute Gasteiger partial charge is 0.328 e. The number of carbonyl (C=O) groups excluding carboxylic acids is 1. The van der Waals surface area contributed by atoms with Crippen LogP contribution in [0.3, 0.4) is 0 Å². The normalized spacial score (nSPS) is 10.6. The Bertz CT molecular complexity index is 844. The number of rotatable bonds is 8. The molecule has 0 radical (unpaired) electrons. The summed E-state index contributed by atoms with van der Waals surface area (Å²) in [7, 11) is 0. The summed E-state index contributed by atoms with van der Waals surface area (Å²) in [4.78, 5) is 23.0. The van der Waals surface area contributed by atoms with E-state index in [0.717, 1.165) is 28.3 Å². The van der Waals surface area contributed by atoms with Crippen LogP contribution in [0.1, 0.15) is 37.0 Å². The van der Waals surface area contributed by atoms with Gasteiger partial charge in [-0.1, -0.05) is 48.0 Å². The SMILES string of the molecule is CC(C)=CCc1cc(/C=C/C(=O)O)ccc1OC(=O)CCc1ccccc1. The third kappa shape index (κ3) is 7.32. The van der Waals surface area contributed by atoms with Gasteiger partial charge in [-0.25, -0.2) is 4.79 Å². The van der Waals surface area contributed by atoms with Crippen LogP contribution < -0.4 is 4.74 Å². The first kappa shape index (κ1) is 20.2. The Morgan fingerprint density at radius 1 is 1.07 bits per heavy atom. The van der Waals surface area contributed by atoms with Crippen molar-refractivity contribution in [3.05, 3.63) is 82.9 Å². The highest BCUT2D eigenvalue weighted by molar-refractivity contribution is 5.85. The van der Waals surface area contributed by atoms with E-state index >= 15 is 0 Å². The van der Waals surface area contributed by atoms with Gasteiger partial charge >= 0.3 is 11.9 Å². The maximum Gasteiger partial charge on any atom is 0.328 e. The van der Waals surface area contributed by atoms with Crippen molar-refractivity contribution in [2.24, 2.45) is 0 Å². The molecule has 0 aliphatic rings. The van der Waals surface area contributed by atoms with Gasteiger partial charge in [0.25, 0.3) is 0 Å². The Morgan fingerprint density at radius 2 is 1.81 bits per heavy atom. The van der Waals surface area contributed by atoms with Gasteiger partial charge < -0.3 is 9.84 Å². The fraction of sp³-hybridized carbons (Fsp3) is 0.217. The molecule has 0 aromatic heterocycles. The van der Waals surface area contributed by atoms with E-state index in [4.69, 9.17) is 9.84 Å². The first-order valence-electron chi connectivity index (χ1n) is 8.86. The predicted molar refractivity (Wildman–Crippen MR) is 107 cm³/mol. The lowest BCUT2D eigenvalue weighted by Crippen LogP contribution is -2.10. The van der Waals surface area contributed by atoms with Crippen molar-refractivity contribution in [2.75, 3.05) is 0 Å². The van der Waals surface area contributed by atoms with Crippen molar-refractivity contribution in [3.8, 4) is 5.75 Å². The van der Waals surface area contributed by atoms with E-state index in [1.807, 2.05) is 56.3 Å². The number of carbonyl (C=O) groups is 2. The third-order valence-corrected chi connectivity index (χ3v) is 3.92. The maximum atomic E-state index is 12.2. The number of hydrogen-bond acceptors (Lipinski definition) is 3. The Hall–Kier alpha value is -3.14. The van der Waals surface area contributed by atoms with Crippen LogP contribution in [-0.4, -0.2) is 17.0 Å². The van der Waals surface area contributed by atoms with Gasteiger partial charge in [-0.3, -0.25) is 4.79 Å². The average molecular weight is 364 g/mol. The number of carboxylic acid groups (broad SMARTS) is 1. The molecule has 27 heavy (non-hydrogen) atoms. The molecule has 2 rings (SSSR count). The van der Waals surface area contributed by atoms with Crippen molar-refractivity contribution >= 4 is 18.0 Å². The van der Waals surface area contributed by atoms with Gasteiger partial charge in [-0.05, 0) is 61.6 Å². The molecule has 2 aromatic rings. The molecule has 0 bridgehead atoms. The molecule has 0 saturated carbocycles. The monoisotopic (exact) mass is 364 g/mol. The first-order chi connectivity index (χ1) is 12.9. The lowest BCUT2D eigenvalue weighted by molar-refractivity contribution is -0.134. The summed E-state index contributed by atoms with van der Waals surface area (Å²) < 4.78 is 5.57. The Balaban J connectivity index is 2.11. The molecule has 0 fully saturated rings. The number of hydrogen-bond donors (Lipinski definition) is 1. The summed E-state index contributed by atoms with van der Waals surface area (Å²) in [5.74, 6) is -0.776. The lowest BCUT2D eigenvalue weighted by atomic mass is 10.0. The molecular weight excluding hydrogens is 340 g/mol. The zero-order valence-corrected chi connectivity index (χ0v) is 15.6. The van der Waals surface area contributed by atoms with Crippen LogP contribution in [-0.2, 0) is 22.4 Å². The Kier molecular flexibility index (Phi) is 7.56. The number of esters is 1. The molecule has 4 nitrogen and oxygen atoms in total. The number of benzene rings is 2. The zero-order chi connectivity index (χ0) is 19.6. The largest absolute Gasteiger partial charge is 0.478 e. The van der Waals surface area contributed by atoms with Crippen LogP contribution in [0.4, 0.5) is 0 Å². The van der Waals surface area contributed by atoms with Crippen molar-refractivity contribution in [1.29, 1.82) is 0 Å². The van der Waals surface area contributed by atoms with Gasteiger partial charge in [0, 0.05) is 12.5 Å². The third-order valence-electron chi connectivity index (χ3n) is 3.92. The lowest BCUT2D eigenvalue weighted by Gasteiger charge is -2.10. The quantitative estimate of drug-likeness (QED) is 0.315.